The van der Waals surface area contributed by atoms with Gasteiger partial charge < -0.3 is 19.7 Å². The summed E-state index contributed by atoms with van der Waals surface area (Å²) in [5, 5.41) is 3.58. The van der Waals surface area contributed by atoms with Crippen molar-refractivity contribution in [2.24, 2.45) is 0 Å². The summed E-state index contributed by atoms with van der Waals surface area (Å²) in [6.45, 7) is 3.39. The summed E-state index contributed by atoms with van der Waals surface area (Å²) < 4.78 is 11.2. The third-order valence-electron chi connectivity index (χ3n) is 5.60. The largest absolute Gasteiger partial charge is 0.451 e. The van der Waals surface area contributed by atoms with E-state index >= 15 is 0 Å². The molecule has 2 aliphatic heterocycles. The van der Waals surface area contributed by atoms with Crippen LogP contribution < -0.4 is 10.6 Å². The van der Waals surface area contributed by atoms with Crippen LogP contribution in [0.5, 0.6) is 0 Å². The minimum atomic E-state index is -1.00. The number of fused-ring (bicyclic) bond motifs is 1. The smallest absolute Gasteiger partial charge is 0.411 e. The Morgan fingerprint density at radius 1 is 1.00 bits per heavy atom. The molecule has 2 unspecified atom stereocenters. The number of nitrogens with zero attached hydrogens (tertiary/aromatic N) is 1. The first-order valence-corrected chi connectivity index (χ1v) is 13.1. The number of alkyl carbamates (subject to hydrolysis) is 1. The molecular weight excluding hydrogens is 518 g/mol. The van der Waals surface area contributed by atoms with Crippen molar-refractivity contribution in [3.63, 3.8) is 0 Å². The molecular formula is C26H26ClN3O6S. The lowest BCUT2D eigenvalue weighted by atomic mass is 10.0. The van der Waals surface area contributed by atoms with E-state index < -0.39 is 46.8 Å². The predicted octanol–water partition coefficient (Wildman–Crippen LogP) is 3.30. The zero-order valence-corrected chi connectivity index (χ0v) is 21.7. The fourth-order valence-electron chi connectivity index (χ4n) is 3.95. The molecule has 2 aliphatic rings. The topological polar surface area (TPSA) is 114 Å². The average molecular weight is 544 g/mol. The van der Waals surface area contributed by atoms with E-state index in [2.05, 4.69) is 10.6 Å². The molecule has 3 atom stereocenters. The molecule has 194 valence electrons. The summed E-state index contributed by atoms with van der Waals surface area (Å²) in [6, 6.07) is 17.7. The number of halogens is 1. The van der Waals surface area contributed by atoms with Gasteiger partial charge in [-0.1, -0.05) is 60.7 Å². The molecule has 0 spiro atoms. The summed E-state index contributed by atoms with van der Waals surface area (Å²) in [4.78, 5) is 51.8. The summed E-state index contributed by atoms with van der Waals surface area (Å²) in [7, 11) is 0. The molecule has 0 aliphatic carbocycles. The Hall–Kier alpha value is -3.50. The van der Waals surface area contributed by atoms with Crippen molar-refractivity contribution in [1.82, 2.24) is 15.5 Å². The summed E-state index contributed by atoms with van der Waals surface area (Å²) >= 11 is 6.67. The molecule has 1 saturated heterocycles. The molecule has 9 nitrogen and oxygen atoms in total. The number of alkyl halides is 1. The highest BCUT2D eigenvalue weighted by Crippen LogP contribution is 2.41. The molecule has 0 aromatic heterocycles. The van der Waals surface area contributed by atoms with Crippen molar-refractivity contribution >= 4 is 47.2 Å². The van der Waals surface area contributed by atoms with Crippen molar-refractivity contribution < 1.29 is 28.7 Å². The van der Waals surface area contributed by atoms with Gasteiger partial charge in [0.2, 0.25) is 5.91 Å². The SMILES string of the molecule is CC(C)OC(=O)NC1=CN2C(=O)C(NC(=O)CCl)[C@H]2SC1C(=O)OC(c1ccccc1)c1ccccc1. The average Bonchev–Trinajstić information content (AvgIpc) is 2.90. The normalized spacial score (nSPS) is 20.5. The maximum atomic E-state index is 13.6. The Morgan fingerprint density at radius 3 is 2.14 bits per heavy atom. The van der Waals surface area contributed by atoms with Crippen LogP contribution in [0.2, 0.25) is 0 Å². The van der Waals surface area contributed by atoms with Crippen molar-refractivity contribution in [2.75, 3.05) is 5.88 Å². The second-order valence-electron chi connectivity index (χ2n) is 8.63. The Labute approximate surface area is 223 Å². The van der Waals surface area contributed by atoms with E-state index in [4.69, 9.17) is 21.1 Å². The number of carbonyl (C=O) groups excluding carboxylic acids is 4. The minimum absolute atomic E-state index is 0.146. The minimum Gasteiger partial charge on any atom is -0.451 e. The van der Waals surface area contributed by atoms with Crippen molar-refractivity contribution in [3.8, 4) is 0 Å². The Bertz CT molecular complexity index is 1150. The second-order valence-corrected chi connectivity index (χ2v) is 10.1. The lowest BCUT2D eigenvalue weighted by molar-refractivity contribution is -0.148. The van der Waals surface area contributed by atoms with Crippen LogP contribution in [-0.4, -0.2) is 57.4 Å². The molecule has 2 aromatic rings. The molecule has 11 heteroatoms. The van der Waals surface area contributed by atoms with E-state index in [9.17, 15) is 19.2 Å². The van der Waals surface area contributed by atoms with Crippen molar-refractivity contribution in [1.29, 1.82) is 0 Å². The highest BCUT2D eigenvalue weighted by molar-refractivity contribution is 8.01. The van der Waals surface area contributed by atoms with Crippen LogP contribution in [0.1, 0.15) is 31.1 Å². The molecule has 2 N–H and O–H groups in total. The van der Waals surface area contributed by atoms with Gasteiger partial charge >= 0.3 is 12.1 Å². The van der Waals surface area contributed by atoms with Crippen LogP contribution >= 0.6 is 23.4 Å². The number of amides is 3. The number of hydrogen-bond donors (Lipinski definition) is 2. The van der Waals surface area contributed by atoms with Crippen LogP contribution in [-0.2, 0) is 23.9 Å². The van der Waals surface area contributed by atoms with Gasteiger partial charge in [0, 0.05) is 6.20 Å². The fraction of sp³-hybridized carbons (Fsp3) is 0.308. The Kier molecular flexibility index (Phi) is 8.40. The predicted molar refractivity (Wildman–Crippen MR) is 138 cm³/mol. The number of hydrogen-bond acceptors (Lipinski definition) is 7. The van der Waals surface area contributed by atoms with E-state index in [1.807, 2.05) is 60.7 Å². The molecule has 37 heavy (non-hydrogen) atoms. The number of β-lactam (4-membered cyclic amide) rings is 1. The lowest BCUT2D eigenvalue weighted by Gasteiger charge is -2.48. The Balaban J connectivity index is 1.62. The first kappa shape index (κ1) is 26.6. The number of esters is 1. The van der Waals surface area contributed by atoms with Gasteiger partial charge in [0.15, 0.2) is 6.10 Å². The number of benzene rings is 2. The van der Waals surface area contributed by atoms with Crippen LogP contribution in [0.25, 0.3) is 0 Å². The van der Waals surface area contributed by atoms with Crippen molar-refractivity contribution in [3.05, 3.63) is 83.7 Å². The highest BCUT2D eigenvalue weighted by Gasteiger charge is 2.53. The number of ether oxygens (including phenoxy) is 2. The van der Waals surface area contributed by atoms with Gasteiger partial charge in [0.05, 0.1) is 11.8 Å². The molecule has 0 bridgehead atoms. The van der Waals surface area contributed by atoms with Gasteiger partial charge in [-0.15, -0.1) is 23.4 Å². The third-order valence-corrected chi connectivity index (χ3v) is 7.34. The van der Waals surface area contributed by atoms with Crippen LogP contribution in [0.3, 0.4) is 0 Å². The number of carbonyl (C=O) groups is 4. The molecule has 2 heterocycles. The molecule has 0 saturated carbocycles. The molecule has 4 rings (SSSR count). The molecule has 0 radical (unpaired) electrons. The second kappa shape index (κ2) is 11.7. The van der Waals surface area contributed by atoms with Gasteiger partial charge in [0.25, 0.3) is 5.91 Å². The molecule has 3 amide bonds. The Morgan fingerprint density at radius 2 is 1.59 bits per heavy atom. The molecule has 2 aromatic carbocycles. The maximum Gasteiger partial charge on any atom is 0.411 e. The van der Waals surface area contributed by atoms with E-state index in [-0.39, 0.29) is 17.5 Å². The van der Waals surface area contributed by atoms with Gasteiger partial charge in [-0.25, -0.2) is 4.79 Å². The number of thioether (sulfide) groups is 1. The summed E-state index contributed by atoms with van der Waals surface area (Å²) in [5.74, 6) is -1.81. The van der Waals surface area contributed by atoms with Gasteiger partial charge in [-0.2, -0.15) is 0 Å². The first-order valence-electron chi connectivity index (χ1n) is 11.6. The summed E-state index contributed by atoms with van der Waals surface area (Å²) in [6.07, 6.45) is -0.468. The lowest BCUT2D eigenvalue weighted by Crippen LogP contribution is -2.69. The van der Waals surface area contributed by atoms with E-state index in [0.717, 1.165) is 22.9 Å². The molecule has 1 fully saturated rings. The third kappa shape index (κ3) is 6.08. The highest BCUT2D eigenvalue weighted by atomic mass is 35.5. The zero-order chi connectivity index (χ0) is 26.5. The monoisotopic (exact) mass is 543 g/mol. The fourth-order valence-corrected chi connectivity index (χ4v) is 5.37. The van der Waals surface area contributed by atoms with E-state index in [0.29, 0.717) is 0 Å². The van der Waals surface area contributed by atoms with E-state index in [1.54, 1.807) is 13.8 Å². The van der Waals surface area contributed by atoms with Crippen molar-refractivity contribution in [2.45, 2.75) is 42.7 Å². The van der Waals surface area contributed by atoms with Gasteiger partial charge in [-0.05, 0) is 25.0 Å². The summed E-state index contributed by atoms with van der Waals surface area (Å²) in [5.41, 5.74) is 1.69. The van der Waals surface area contributed by atoms with Crippen LogP contribution in [0.4, 0.5) is 4.79 Å². The van der Waals surface area contributed by atoms with Crippen LogP contribution in [0.15, 0.2) is 72.6 Å². The van der Waals surface area contributed by atoms with Gasteiger partial charge in [-0.3, -0.25) is 19.7 Å². The zero-order valence-electron chi connectivity index (χ0n) is 20.1. The maximum absolute atomic E-state index is 13.6. The quantitative estimate of drug-likeness (QED) is 0.298. The first-order chi connectivity index (χ1) is 17.8. The van der Waals surface area contributed by atoms with Gasteiger partial charge in [0.1, 0.15) is 22.5 Å². The van der Waals surface area contributed by atoms with Crippen LogP contribution in [0, 0.1) is 0 Å². The van der Waals surface area contributed by atoms with E-state index in [1.165, 1.54) is 11.1 Å². The number of rotatable bonds is 8. The number of nitrogens with one attached hydrogen (secondary N) is 2. The standard InChI is InChI=1S/C26H26ClN3O6S/c1-15(2)35-26(34)28-18-14-30-23(32)20(29-19(31)13-27)24(30)37-22(18)25(33)36-21(16-9-5-3-6-10-16)17-11-7-4-8-12-17/h3-12,14-15,20-22,24H,13H2,1-2H3,(H,28,34)(H,29,31)/t20?,22?,24-/m1/s1.